The van der Waals surface area contributed by atoms with Crippen molar-refractivity contribution in [2.75, 3.05) is 5.32 Å². The van der Waals surface area contributed by atoms with Gasteiger partial charge in [-0.3, -0.25) is 9.59 Å². The van der Waals surface area contributed by atoms with Crippen molar-refractivity contribution in [2.45, 2.75) is 38.6 Å². The fourth-order valence-corrected chi connectivity index (χ4v) is 3.49. The predicted octanol–water partition coefficient (Wildman–Crippen LogP) is 4.00. The van der Waals surface area contributed by atoms with Crippen molar-refractivity contribution in [3.05, 3.63) is 53.6 Å². The highest BCUT2D eigenvalue weighted by Gasteiger charge is 2.20. The van der Waals surface area contributed by atoms with Gasteiger partial charge in [-0.2, -0.15) is 0 Å². The van der Waals surface area contributed by atoms with Crippen LogP contribution in [0, 0.1) is 0 Å². The van der Waals surface area contributed by atoms with Gasteiger partial charge in [0, 0.05) is 16.8 Å². The monoisotopic (exact) mass is 348 g/mol. The van der Waals surface area contributed by atoms with Crippen molar-refractivity contribution in [1.82, 2.24) is 15.0 Å². The van der Waals surface area contributed by atoms with Crippen LogP contribution < -0.4 is 5.32 Å². The first-order chi connectivity index (χ1) is 12.6. The van der Waals surface area contributed by atoms with E-state index in [1.165, 1.54) is 19.8 Å². The van der Waals surface area contributed by atoms with E-state index in [4.69, 9.17) is 0 Å². The van der Waals surface area contributed by atoms with Gasteiger partial charge in [-0.1, -0.05) is 18.1 Å². The average Bonchev–Trinajstić information content (AvgIpc) is 3.30. The van der Waals surface area contributed by atoms with E-state index in [0.717, 1.165) is 23.9 Å². The number of amides is 1. The van der Waals surface area contributed by atoms with Crippen LogP contribution in [0.25, 0.3) is 11.0 Å². The Morgan fingerprint density at radius 3 is 2.42 bits per heavy atom. The number of fused-ring (bicyclic) bond motifs is 1. The second kappa shape index (κ2) is 6.71. The Bertz CT molecular complexity index is 969. The maximum absolute atomic E-state index is 12.5. The summed E-state index contributed by atoms with van der Waals surface area (Å²) in [5, 5.41) is 11.4. The Labute approximate surface area is 151 Å². The quantitative estimate of drug-likeness (QED) is 0.723. The summed E-state index contributed by atoms with van der Waals surface area (Å²) in [4.78, 5) is 23.8. The van der Waals surface area contributed by atoms with E-state index < -0.39 is 0 Å². The molecule has 6 heteroatoms. The van der Waals surface area contributed by atoms with Crippen LogP contribution in [0.1, 0.15) is 59.4 Å². The molecule has 1 aliphatic carbocycles. The molecule has 1 N–H and O–H groups in total. The van der Waals surface area contributed by atoms with E-state index in [9.17, 15) is 9.59 Å². The summed E-state index contributed by atoms with van der Waals surface area (Å²) in [6.45, 7) is 1.52. The highest BCUT2D eigenvalue weighted by Crippen LogP contribution is 2.31. The van der Waals surface area contributed by atoms with Crippen molar-refractivity contribution >= 4 is 28.4 Å². The summed E-state index contributed by atoms with van der Waals surface area (Å²) in [6, 6.07) is 12.8. The predicted molar refractivity (Wildman–Crippen MR) is 99.4 cm³/mol. The van der Waals surface area contributed by atoms with Gasteiger partial charge >= 0.3 is 0 Å². The van der Waals surface area contributed by atoms with Crippen LogP contribution >= 0.6 is 0 Å². The molecule has 4 rings (SSSR count). The second-order valence-electron chi connectivity index (χ2n) is 6.76. The fourth-order valence-electron chi connectivity index (χ4n) is 3.49. The molecular formula is C20H20N4O2. The molecule has 1 aliphatic rings. The Hall–Kier alpha value is -3.02. The first-order valence-electron chi connectivity index (χ1n) is 8.89. The lowest BCUT2D eigenvalue weighted by atomic mass is 10.1. The van der Waals surface area contributed by atoms with Crippen LogP contribution in [0.4, 0.5) is 5.69 Å². The highest BCUT2D eigenvalue weighted by atomic mass is 16.1. The Morgan fingerprint density at radius 2 is 1.73 bits per heavy atom. The number of nitrogens with one attached hydrogen (secondary N) is 1. The maximum atomic E-state index is 12.5. The number of Topliss-reactive ketones (excluding diaryl/α,β-unsaturated/α-hetero) is 1. The van der Waals surface area contributed by atoms with Crippen molar-refractivity contribution in [1.29, 1.82) is 0 Å². The number of ketones is 1. The molecule has 0 radical (unpaired) electrons. The van der Waals surface area contributed by atoms with Crippen LogP contribution in [0.15, 0.2) is 42.5 Å². The fraction of sp³-hybridized carbons (Fsp3) is 0.300. The smallest absolute Gasteiger partial charge is 0.255 e. The molecule has 6 nitrogen and oxygen atoms in total. The van der Waals surface area contributed by atoms with Crippen molar-refractivity contribution < 1.29 is 9.59 Å². The molecule has 3 aromatic rings. The SMILES string of the molecule is CC(=O)c1ccc(NC(=O)c2ccc3c(c2)nnn3C2CCCC2)cc1. The van der Waals surface area contributed by atoms with Gasteiger partial charge in [0.1, 0.15) is 5.52 Å². The minimum atomic E-state index is -0.210. The number of nitrogens with zero attached hydrogens (tertiary/aromatic N) is 3. The third-order valence-electron chi connectivity index (χ3n) is 4.95. The van der Waals surface area contributed by atoms with Crippen LogP contribution in [0.3, 0.4) is 0 Å². The third-order valence-corrected chi connectivity index (χ3v) is 4.95. The molecule has 132 valence electrons. The molecule has 1 heterocycles. The van der Waals surface area contributed by atoms with E-state index in [1.807, 2.05) is 10.7 Å². The highest BCUT2D eigenvalue weighted by molar-refractivity contribution is 6.06. The molecule has 0 spiro atoms. The van der Waals surface area contributed by atoms with Gasteiger partial charge in [-0.25, -0.2) is 4.68 Å². The number of rotatable bonds is 4. The number of benzene rings is 2. The molecule has 2 aromatic carbocycles. The molecule has 0 atom stereocenters. The standard InChI is InChI=1S/C20H20N4O2/c1-13(25)14-6-9-16(10-7-14)21-20(26)15-8-11-19-18(12-15)22-23-24(19)17-4-2-3-5-17/h6-12,17H,2-5H2,1H3,(H,21,26). The zero-order valence-electron chi connectivity index (χ0n) is 14.6. The van der Waals surface area contributed by atoms with Crippen LogP contribution in [-0.4, -0.2) is 26.7 Å². The molecule has 26 heavy (non-hydrogen) atoms. The summed E-state index contributed by atoms with van der Waals surface area (Å²) in [5.74, 6) is -0.212. The van der Waals surface area contributed by atoms with Crippen molar-refractivity contribution in [3.63, 3.8) is 0 Å². The van der Waals surface area contributed by atoms with Crippen LogP contribution in [-0.2, 0) is 0 Å². The maximum Gasteiger partial charge on any atom is 0.255 e. The normalized spacial score (nSPS) is 14.7. The lowest BCUT2D eigenvalue weighted by Gasteiger charge is -2.10. The molecule has 0 aliphatic heterocycles. The summed E-state index contributed by atoms with van der Waals surface area (Å²) < 4.78 is 1.99. The number of hydrogen-bond acceptors (Lipinski definition) is 4. The Morgan fingerprint density at radius 1 is 1.04 bits per heavy atom. The van der Waals surface area contributed by atoms with E-state index in [-0.39, 0.29) is 11.7 Å². The van der Waals surface area contributed by atoms with E-state index >= 15 is 0 Å². The summed E-state index contributed by atoms with van der Waals surface area (Å²) in [6.07, 6.45) is 4.73. The minimum absolute atomic E-state index is 0.00122. The molecule has 1 aromatic heterocycles. The van der Waals surface area contributed by atoms with Gasteiger partial charge in [0.2, 0.25) is 0 Å². The number of hydrogen-bond donors (Lipinski definition) is 1. The first-order valence-corrected chi connectivity index (χ1v) is 8.89. The zero-order chi connectivity index (χ0) is 18.1. The zero-order valence-corrected chi connectivity index (χ0v) is 14.6. The second-order valence-corrected chi connectivity index (χ2v) is 6.76. The Kier molecular flexibility index (Phi) is 4.24. The van der Waals surface area contributed by atoms with E-state index in [1.54, 1.807) is 36.4 Å². The van der Waals surface area contributed by atoms with E-state index in [2.05, 4.69) is 15.6 Å². The topological polar surface area (TPSA) is 76.9 Å². The van der Waals surface area contributed by atoms with E-state index in [0.29, 0.717) is 22.9 Å². The number of carbonyl (C=O) groups is 2. The molecule has 1 saturated carbocycles. The summed E-state index contributed by atoms with van der Waals surface area (Å²) in [7, 11) is 0. The summed E-state index contributed by atoms with van der Waals surface area (Å²) >= 11 is 0. The molecule has 0 saturated heterocycles. The average molecular weight is 348 g/mol. The van der Waals surface area contributed by atoms with Crippen LogP contribution in [0.5, 0.6) is 0 Å². The number of carbonyl (C=O) groups excluding carboxylic acids is 2. The number of anilines is 1. The van der Waals surface area contributed by atoms with Gasteiger partial charge in [0.05, 0.1) is 11.6 Å². The summed E-state index contributed by atoms with van der Waals surface area (Å²) in [5.41, 5.74) is 3.50. The van der Waals surface area contributed by atoms with Gasteiger partial charge in [-0.15, -0.1) is 5.10 Å². The molecule has 1 fully saturated rings. The van der Waals surface area contributed by atoms with Gasteiger partial charge in [0.15, 0.2) is 5.78 Å². The lowest BCUT2D eigenvalue weighted by Crippen LogP contribution is -2.12. The van der Waals surface area contributed by atoms with Crippen LogP contribution in [0.2, 0.25) is 0 Å². The molecular weight excluding hydrogens is 328 g/mol. The molecule has 1 amide bonds. The van der Waals surface area contributed by atoms with Gasteiger partial charge in [0.25, 0.3) is 5.91 Å². The third kappa shape index (κ3) is 3.10. The van der Waals surface area contributed by atoms with Crippen molar-refractivity contribution in [3.8, 4) is 0 Å². The van der Waals surface area contributed by atoms with Gasteiger partial charge in [-0.05, 0) is 62.2 Å². The Balaban J connectivity index is 1.54. The molecule has 0 unspecified atom stereocenters. The number of aromatic nitrogens is 3. The van der Waals surface area contributed by atoms with Gasteiger partial charge < -0.3 is 5.32 Å². The first kappa shape index (κ1) is 16.4. The molecule has 0 bridgehead atoms. The minimum Gasteiger partial charge on any atom is -0.322 e. The van der Waals surface area contributed by atoms with Crippen molar-refractivity contribution in [2.24, 2.45) is 0 Å². The largest absolute Gasteiger partial charge is 0.322 e. The lowest BCUT2D eigenvalue weighted by molar-refractivity contribution is 0.101.